The van der Waals surface area contributed by atoms with Crippen LogP contribution >= 0.6 is 0 Å². The van der Waals surface area contributed by atoms with Crippen molar-refractivity contribution in [1.82, 2.24) is 9.38 Å². The van der Waals surface area contributed by atoms with Crippen LogP contribution in [0.3, 0.4) is 0 Å². The molecular weight excluding hydrogens is 500 g/mol. The van der Waals surface area contributed by atoms with Gasteiger partial charge in [0.2, 0.25) is 0 Å². The minimum absolute atomic E-state index is 0.359. The Morgan fingerprint density at radius 1 is 1.07 bits per heavy atom. The lowest BCUT2D eigenvalue weighted by Crippen LogP contribution is -2.34. The average molecular weight is 539 g/mol. The summed E-state index contributed by atoms with van der Waals surface area (Å²) in [5.74, 6) is 1.03. The van der Waals surface area contributed by atoms with E-state index in [1.165, 1.54) is 5.56 Å². The Bertz CT molecular complexity index is 1520. The Kier molecular flexibility index (Phi) is 7.78. The van der Waals surface area contributed by atoms with Crippen LogP contribution in [0.4, 0.5) is 23.0 Å². The van der Waals surface area contributed by atoms with Gasteiger partial charge in [-0.25, -0.2) is 4.98 Å². The van der Waals surface area contributed by atoms with E-state index in [-0.39, 0.29) is 0 Å². The normalized spacial score (nSPS) is 13.0. The van der Waals surface area contributed by atoms with Gasteiger partial charge in [-0.05, 0) is 97.3 Å². The number of pyridine rings is 2. The quantitative estimate of drug-likeness (QED) is 0.188. The first kappa shape index (κ1) is 27.2. The van der Waals surface area contributed by atoms with Crippen molar-refractivity contribution in [3.05, 3.63) is 83.7 Å². The second-order valence-electron chi connectivity index (χ2n) is 10.9. The maximum absolute atomic E-state index is 13.3. The van der Waals surface area contributed by atoms with E-state index < -0.39 is 11.7 Å². The number of likely N-dealkylation sites (N-methyl/N-ethyl adjacent to an activating group) is 2. The van der Waals surface area contributed by atoms with Crippen LogP contribution < -0.4 is 20.9 Å². The summed E-state index contributed by atoms with van der Waals surface area (Å²) in [4.78, 5) is 35.2. The van der Waals surface area contributed by atoms with E-state index in [4.69, 9.17) is 5.73 Å². The van der Waals surface area contributed by atoms with Crippen LogP contribution in [0.15, 0.2) is 66.9 Å². The number of carbonyl (C=O) groups excluding carboxylic acids is 2. The van der Waals surface area contributed by atoms with Crippen LogP contribution in [0.25, 0.3) is 5.52 Å². The van der Waals surface area contributed by atoms with Gasteiger partial charge in [-0.3, -0.25) is 9.59 Å². The van der Waals surface area contributed by atoms with Crippen molar-refractivity contribution >= 4 is 40.2 Å². The van der Waals surface area contributed by atoms with E-state index in [1.807, 2.05) is 72.2 Å². The lowest BCUT2D eigenvalue weighted by molar-refractivity contribution is -0.112. The number of hydrogen-bond donors (Lipinski definition) is 2. The van der Waals surface area contributed by atoms with E-state index in [2.05, 4.69) is 46.9 Å². The first-order valence-electron chi connectivity index (χ1n) is 14.0. The summed E-state index contributed by atoms with van der Waals surface area (Å²) >= 11 is 0. The van der Waals surface area contributed by atoms with Gasteiger partial charge in [0.15, 0.2) is 0 Å². The van der Waals surface area contributed by atoms with Crippen LogP contribution in [0.5, 0.6) is 0 Å². The Morgan fingerprint density at radius 3 is 2.50 bits per heavy atom. The lowest BCUT2D eigenvalue weighted by Gasteiger charge is -2.27. The number of anilines is 4. The molecule has 40 heavy (non-hydrogen) atoms. The molecule has 0 unspecified atom stereocenters. The molecule has 3 aromatic heterocycles. The molecule has 0 radical (unpaired) electrons. The molecule has 4 aromatic rings. The van der Waals surface area contributed by atoms with Gasteiger partial charge < -0.3 is 25.3 Å². The van der Waals surface area contributed by atoms with E-state index in [0.29, 0.717) is 29.0 Å². The molecule has 1 aliphatic rings. The molecule has 8 heteroatoms. The third-order valence-corrected chi connectivity index (χ3v) is 7.65. The van der Waals surface area contributed by atoms with Gasteiger partial charge in [0.05, 0.1) is 0 Å². The summed E-state index contributed by atoms with van der Waals surface area (Å²) in [5.41, 5.74) is 11.2. The Labute approximate surface area is 235 Å². The molecule has 3 N–H and O–H groups in total. The second kappa shape index (κ2) is 11.4. The molecule has 5 rings (SSSR count). The fourth-order valence-corrected chi connectivity index (χ4v) is 5.07. The van der Waals surface area contributed by atoms with Crippen LogP contribution in [-0.2, 0) is 4.79 Å². The van der Waals surface area contributed by atoms with E-state index in [1.54, 1.807) is 0 Å². The summed E-state index contributed by atoms with van der Waals surface area (Å²) in [6.07, 6.45) is 3.95. The number of nitrogen functional groups attached to an aromatic ring is 1. The maximum atomic E-state index is 13.3. The Morgan fingerprint density at radius 2 is 1.82 bits per heavy atom. The molecule has 1 fully saturated rings. The monoisotopic (exact) mass is 538 g/mol. The number of nitrogens with one attached hydrogen (secondary N) is 1. The molecule has 3 heterocycles. The van der Waals surface area contributed by atoms with E-state index >= 15 is 0 Å². The molecule has 0 atom stereocenters. The van der Waals surface area contributed by atoms with Gasteiger partial charge in [-0.2, -0.15) is 0 Å². The predicted molar refractivity (Wildman–Crippen MR) is 163 cm³/mol. The average Bonchev–Trinajstić information content (AvgIpc) is 3.72. The van der Waals surface area contributed by atoms with Gasteiger partial charge in [-0.1, -0.05) is 19.9 Å². The molecule has 0 spiro atoms. The number of carbonyl (C=O) groups is 2. The third-order valence-electron chi connectivity index (χ3n) is 7.65. The highest BCUT2D eigenvalue weighted by molar-refractivity contribution is 6.46. The van der Waals surface area contributed by atoms with E-state index in [0.717, 1.165) is 55.1 Å². The number of hydrogen-bond acceptors (Lipinski definition) is 6. The number of nitrogens with two attached hydrogens (primary N) is 1. The zero-order valence-electron chi connectivity index (χ0n) is 23.7. The highest BCUT2D eigenvalue weighted by Gasteiger charge is 2.33. The molecule has 1 aliphatic carbocycles. The molecular formula is C32H38N6O2. The molecule has 0 bridgehead atoms. The zero-order valence-corrected chi connectivity index (χ0v) is 23.7. The molecule has 8 nitrogen and oxygen atoms in total. The van der Waals surface area contributed by atoms with Crippen molar-refractivity contribution in [2.75, 3.05) is 47.5 Å². The van der Waals surface area contributed by atoms with Crippen molar-refractivity contribution in [3.63, 3.8) is 0 Å². The van der Waals surface area contributed by atoms with Gasteiger partial charge in [0.1, 0.15) is 17.3 Å². The molecule has 208 valence electrons. The maximum Gasteiger partial charge on any atom is 0.298 e. The van der Waals surface area contributed by atoms with Crippen molar-refractivity contribution in [3.8, 4) is 0 Å². The van der Waals surface area contributed by atoms with Crippen LogP contribution in [0, 0.1) is 0 Å². The molecule has 1 aromatic carbocycles. The molecule has 1 amide bonds. The zero-order chi connectivity index (χ0) is 28.4. The van der Waals surface area contributed by atoms with Gasteiger partial charge in [-0.15, -0.1) is 0 Å². The fourth-order valence-electron chi connectivity index (χ4n) is 5.07. The van der Waals surface area contributed by atoms with E-state index in [9.17, 15) is 9.59 Å². The number of fused-ring (bicyclic) bond motifs is 1. The third kappa shape index (κ3) is 5.81. The van der Waals surface area contributed by atoms with Crippen LogP contribution in [0.2, 0.25) is 0 Å². The first-order chi connectivity index (χ1) is 19.2. The highest BCUT2D eigenvalue weighted by Crippen LogP contribution is 2.43. The van der Waals surface area contributed by atoms with Crippen molar-refractivity contribution in [2.24, 2.45) is 0 Å². The summed E-state index contributed by atoms with van der Waals surface area (Å²) in [6.45, 7) is 8.79. The SMILES string of the molecule is CCN(CCN(C)c1ccc(NC(=O)C(=O)c2c(C3CC3)cc3ccccn23)cc1)c1cc(C(C)C)cc(N)n1. The van der Waals surface area contributed by atoms with Crippen molar-refractivity contribution in [2.45, 2.75) is 45.4 Å². The van der Waals surface area contributed by atoms with Gasteiger partial charge in [0, 0.05) is 49.8 Å². The fraction of sp³-hybridized carbons (Fsp3) is 0.344. The summed E-state index contributed by atoms with van der Waals surface area (Å²) in [5, 5.41) is 2.80. The number of Topliss-reactive ketones (excluding diaryl/α,β-unsaturated/α-hetero) is 1. The minimum Gasteiger partial charge on any atom is -0.384 e. The molecule has 0 saturated heterocycles. The standard InChI is InChI=1S/C32H38N6O2/c1-5-37(29-19-23(21(2)3)18-28(33)35-29)17-16-36(4)25-13-11-24(12-14-25)34-32(40)31(39)30-27(22-9-10-22)20-26-8-6-7-15-38(26)30/h6-8,11-15,18-22H,5,9-10,16-17H2,1-4H3,(H2,33,35)(H,34,40). The Balaban J connectivity index is 1.22. The van der Waals surface area contributed by atoms with Crippen molar-refractivity contribution in [1.29, 1.82) is 0 Å². The smallest absolute Gasteiger partial charge is 0.298 e. The number of amides is 1. The van der Waals surface area contributed by atoms with Gasteiger partial charge >= 0.3 is 0 Å². The van der Waals surface area contributed by atoms with Crippen LogP contribution in [-0.4, -0.2) is 47.8 Å². The largest absolute Gasteiger partial charge is 0.384 e. The predicted octanol–water partition coefficient (Wildman–Crippen LogP) is 5.70. The second-order valence-corrected chi connectivity index (χ2v) is 10.9. The number of benzene rings is 1. The lowest BCUT2D eigenvalue weighted by atomic mass is 10.0. The summed E-state index contributed by atoms with van der Waals surface area (Å²) in [6, 6.07) is 19.4. The highest BCUT2D eigenvalue weighted by atomic mass is 16.2. The molecule has 0 aliphatic heterocycles. The number of ketones is 1. The number of rotatable bonds is 11. The topological polar surface area (TPSA) is 96.0 Å². The van der Waals surface area contributed by atoms with Crippen molar-refractivity contribution < 1.29 is 9.59 Å². The molecule has 1 saturated carbocycles. The number of nitrogens with zero attached hydrogens (tertiary/aromatic N) is 4. The number of aromatic nitrogens is 2. The first-order valence-corrected chi connectivity index (χ1v) is 14.0. The minimum atomic E-state index is -0.624. The summed E-state index contributed by atoms with van der Waals surface area (Å²) < 4.78 is 1.83. The van der Waals surface area contributed by atoms with Gasteiger partial charge in [0.25, 0.3) is 11.7 Å². The Hall–Kier alpha value is -4.33. The van der Waals surface area contributed by atoms with Crippen LogP contribution in [0.1, 0.15) is 67.1 Å². The summed E-state index contributed by atoms with van der Waals surface area (Å²) in [7, 11) is 2.04.